The first-order valence-corrected chi connectivity index (χ1v) is 7.44. The van der Waals surface area contributed by atoms with Crippen LogP contribution in [-0.2, 0) is 12.8 Å². The number of hydrogen-bond donors (Lipinski definition) is 2. The summed E-state index contributed by atoms with van der Waals surface area (Å²) < 4.78 is 43.8. The standard InChI is InChI=1S/C17H13F3N4O2/c18-17(19,20)12-5-1-3-10(7-12)9-26-13-6-2-4-11(8-13)14-15(16(21)25)23-24-22-14/h1-8H,9H2,(H2,21,25)(H,22,23,24). The molecule has 26 heavy (non-hydrogen) atoms. The van der Waals surface area contributed by atoms with Crippen LogP contribution in [0.15, 0.2) is 48.5 Å². The predicted molar refractivity (Wildman–Crippen MR) is 86.1 cm³/mol. The fourth-order valence-corrected chi connectivity index (χ4v) is 2.34. The molecule has 0 bridgehead atoms. The Labute approximate surface area is 145 Å². The van der Waals surface area contributed by atoms with E-state index in [9.17, 15) is 18.0 Å². The number of carbonyl (C=O) groups excluding carboxylic acids is 1. The van der Waals surface area contributed by atoms with Crippen LogP contribution >= 0.6 is 0 Å². The summed E-state index contributed by atoms with van der Waals surface area (Å²) in [5, 5.41) is 9.91. The normalized spacial score (nSPS) is 11.3. The Morgan fingerprint density at radius 3 is 2.62 bits per heavy atom. The molecule has 0 radical (unpaired) electrons. The molecule has 0 saturated heterocycles. The molecule has 0 aliphatic heterocycles. The Morgan fingerprint density at radius 2 is 1.88 bits per heavy atom. The van der Waals surface area contributed by atoms with E-state index >= 15 is 0 Å². The van der Waals surface area contributed by atoms with Crippen molar-refractivity contribution in [1.29, 1.82) is 0 Å². The zero-order valence-electron chi connectivity index (χ0n) is 13.2. The van der Waals surface area contributed by atoms with Crippen molar-refractivity contribution < 1.29 is 22.7 Å². The summed E-state index contributed by atoms with van der Waals surface area (Å²) >= 11 is 0. The lowest BCUT2D eigenvalue weighted by Crippen LogP contribution is -2.12. The first-order chi connectivity index (χ1) is 12.3. The fraction of sp³-hybridized carbons (Fsp3) is 0.118. The van der Waals surface area contributed by atoms with Crippen molar-refractivity contribution >= 4 is 5.91 Å². The summed E-state index contributed by atoms with van der Waals surface area (Å²) in [6.07, 6.45) is -4.41. The molecule has 0 aliphatic rings. The third-order valence-corrected chi connectivity index (χ3v) is 3.55. The number of nitrogens with one attached hydrogen (secondary N) is 1. The fourth-order valence-electron chi connectivity index (χ4n) is 2.34. The number of alkyl halides is 3. The molecular weight excluding hydrogens is 349 g/mol. The highest BCUT2D eigenvalue weighted by molar-refractivity contribution is 5.96. The zero-order chi connectivity index (χ0) is 18.7. The number of aromatic nitrogens is 3. The molecule has 2 aromatic carbocycles. The number of nitrogens with zero attached hydrogens (tertiary/aromatic N) is 2. The zero-order valence-corrected chi connectivity index (χ0v) is 13.2. The maximum atomic E-state index is 12.7. The number of aromatic amines is 1. The van der Waals surface area contributed by atoms with E-state index in [0.717, 1.165) is 12.1 Å². The van der Waals surface area contributed by atoms with Crippen LogP contribution in [0.3, 0.4) is 0 Å². The molecule has 0 atom stereocenters. The first-order valence-electron chi connectivity index (χ1n) is 7.44. The Bertz CT molecular complexity index is 938. The Hall–Kier alpha value is -3.36. The lowest BCUT2D eigenvalue weighted by molar-refractivity contribution is -0.137. The van der Waals surface area contributed by atoms with E-state index in [1.807, 2.05) is 0 Å². The summed E-state index contributed by atoms with van der Waals surface area (Å²) in [7, 11) is 0. The molecule has 1 amide bonds. The number of amides is 1. The van der Waals surface area contributed by atoms with Crippen LogP contribution in [0.4, 0.5) is 13.2 Å². The number of ether oxygens (including phenoxy) is 1. The van der Waals surface area contributed by atoms with Crippen LogP contribution < -0.4 is 10.5 Å². The van der Waals surface area contributed by atoms with E-state index in [0.29, 0.717) is 16.9 Å². The number of H-pyrrole nitrogens is 1. The molecule has 3 rings (SSSR count). The number of rotatable bonds is 5. The van der Waals surface area contributed by atoms with E-state index in [4.69, 9.17) is 10.5 Å². The molecule has 3 aromatic rings. The second-order valence-electron chi connectivity index (χ2n) is 5.40. The molecule has 1 heterocycles. The average molecular weight is 362 g/mol. The van der Waals surface area contributed by atoms with Crippen molar-refractivity contribution in [2.75, 3.05) is 0 Å². The lowest BCUT2D eigenvalue weighted by atomic mass is 10.1. The molecule has 0 spiro atoms. The Kier molecular flexibility index (Phi) is 4.61. The summed E-state index contributed by atoms with van der Waals surface area (Å²) in [5.74, 6) is -0.331. The monoisotopic (exact) mass is 362 g/mol. The van der Waals surface area contributed by atoms with Gasteiger partial charge in [0.2, 0.25) is 0 Å². The molecular formula is C17H13F3N4O2. The van der Waals surface area contributed by atoms with Crippen molar-refractivity contribution in [3.05, 3.63) is 65.4 Å². The van der Waals surface area contributed by atoms with Crippen LogP contribution in [0.25, 0.3) is 11.3 Å². The number of primary amides is 1. The van der Waals surface area contributed by atoms with Gasteiger partial charge in [-0.25, -0.2) is 0 Å². The van der Waals surface area contributed by atoms with Crippen LogP contribution in [0, 0.1) is 0 Å². The molecule has 3 N–H and O–H groups in total. The summed E-state index contributed by atoms with van der Waals surface area (Å²) in [6.45, 7) is -0.0468. The first kappa shape index (κ1) is 17.5. The molecule has 9 heteroatoms. The highest BCUT2D eigenvalue weighted by atomic mass is 19.4. The van der Waals surface area contributed by atoms with Gasteiger partial charge in [-0.15, -0.1) is 0 Å². The molecule has 6 nitrogen and oxygen atoms in total. The maximum absolute atomic E-state index is 12.7. The molecule has 134 valence electrons. The van der Waals surface area contributed by atoms with Gasteiger partial charge in [0.05, 0.1) is 5.56 Å². The van der Waals surface area contributed by atoms with Crippen LogP contribution in [0.1, 0.15) is 21.6 Å². The van der Waals surface area contributed by atoms with Gasteiger partial charge in [-0.2, -0.15) is 28.6 Å². The Balaban J connectivity index is 1.78. The molecule has 0 aliphatic carbocycles. The van der Waals surface area contributed by atoms with Crippen molar-refractivity contribution in [2.24, 2.45) is 5.73 Å². The summed E-state index contributed by atoms with van der Waals surface area (Å²) in [5.41, 5.74) is 5.67. The van der Waals surface area contributed by atoms with Crippen molar-refractivity contribution in [3.63, 3.8) is 0 Å². The largest absolute Gasteiger partial charge is 0.489 e. The van der Waals surface area contributed by atoms with Gasteiger partial charge >= 0.3 is 6.18 Å². The number of benzene rings is 2. The number of hydrogen-bond acceptors (Lipinski definition) is 4. The SMILES string of the molecule is NC(=O)c1n[nH]nc1-c1cccc(OCc2cccc(C(F)(F)F)c2)c1. The van der Waals surface area contributed by atoms with Gasteiger partial charge < -0.3 is 10.5 Å². The highest BCUT2D eigenvalue weighted by Crippen LogP contribution is 2.30. The van der Waals surface area contributed by atoms with Gasteiger partial charge in [-0.1, -0.05) is 24.3 Å². The lowest BCUT2D eigenvalue weighted by Gasteiger charge is -2.10. The number of carbonyl (C=O) groups is 1. The summed E-state index contributed by atoms with van der Waals surface area (Å²) in [4.78, 5) is 11.3. The van der Waals surface area contributed by atoms with E-state index in [1.54, 1.807) is 30.3 Å². The van der Waals surface area contributed by atoms with Gasteiger partial charge in [0.15, 0.2) is 5.69 Å². The highest BCUT2D eigenvalue weighted by Gasteiger charge is 2.30. The van der Waals surface area contributed by atoms with E-state index < -0.39 is 17.6 Å². The minimum Gasteiger partial charge on any atom is -0.489 e. The third-order valence-electron chi connectivity index (χ3n) is 3.55. The second kappa shape index (κ2) is 6.87. The van der Waals surface area contributed by atoms with Gasteiger partial charge in [0.1, 0.15) is 18.1 Å². The van der Waals surface area contributed by atoms with E-state index in [2.05, 4.69) is 15.4 Å². The number of nitrogens with two attached hydrogens (primary N) is 1. The molecule has 1 aromatic heterocycles. The predicted octanol–water partition coefficient (Wildman–Crippen LogP) is 3.17. The number of halogens is 3. The van der Waals surface area contributed by atoms with Gasteiger partial charge in [-0.3, -0.25) is 4.79 Å². The minimum atomic E-state index is -4.41. The van der Waals surface area contributed by atoms with E-state index in [1.165, 1.54) is 6.07 Å². The van der Waals surface area contributed by atoms with Crippen molar-refractivity contribution in [3.8, 4) is 17.0 Å². The van der Waals surface area contributed by atoms with Crippen molar-refractivity contribution in [2.45, 2.75) is 12.8 Å². The van der Waals surface area contributed by atoms with Crippen molar-refractivity contribution in [1.82, 2.24) is 15.4 Å². The Morgan fingerprint density at radius 1 is 1.12 bits per heavy atom. The van der Waals surface area contributed by atoms with Gasteiger partial charge in [0, 0.05) is 5.56 Å². The van der Waals surface area contributed by atoms with Gasteiger partial charge in [0.25, 0.3) is 5.91 Å². The maximum Gasteiger partial charge on any atom is 0.416 e. The molecule has 0 unspecified atom stereocenters. The van der Waals surface area contributed by atoms with E-state index in [-0.39, 0.29) is 18.0 Å². The van der Waals surface area contributed by atoms with Crippen LogP contribution in [-0.4, -0.2) is 21.3 Å². The quantitative estimate of drug-likeness (QED) is 0.729. The third kappa shape index (κ3) is 3.82. The van der Waals surface area contributed by atoms with Crippen LogP contribution in [0.2, 0.25) is 0 Å². The molecule has 0 saturated carbocycles. The van der Waals surface area contributed by atoms with Crippen LogP contribution in [0.5, 0.6) is 5.75 Å². The second-order valence-corrected chi connectivity index (χ2v) is 5.40. The average Bonchev–Trinajstić information content (AvgIpc) is 3.10. The smallest absolute Gasteiger partial charge is 0.416 e. The topological polar surface area (TPSA) is 93.9 Å². The van der Waals surface area contributed by atoms with Gasteiger partial charge in [-0.05, 0) is 29.8 Å². The molecule has 0 fully saturated rings. The minimum absolute atomic E-state index is 0.0139. The summed E-state index contributed by atoms with van der Waals surface area (Å²) in [6, 6.07) is 11.5.